The van der Waals surface area contributed by atoms with Crippen LogP contribution in [-0.4, -0.2) is 40.8 Å². The highest BCUT2D eigenvalue weighted by molar-refractivity contribution is 8.18. The van der Waals surface area contributed by atoms with Gasteiger partial charge in [-0.1, -0.05) is 54.6 Å². The highest BCUT2D eigenvalue weighted by Crippen LogP contribution is 2.36. The van der Waals surface area contributed by atoms with Crippen molar-refractivity contribution in [2.75, 3.05) is 18.8 Å². The van der Waals surface area contributed by atoms with Gasteiger partial charge >= 0.3 is 0 Å². The SMILES string of the molecule is O=C(CSc1ccc2c3c(cccc13)CC2)NCCN1C(=O)S/C(=C\c2ccccc2)C1=O. The van der Waals surface area contributed by atoms with Gasteiger partial charge in [-0.2, -0.15) is 0 Å². The maximum Gasteiger partial charge on any atom is 0.293 e. The maximum absolute atomic E-state index is 12.6. The van der Waals surface area contributed by atoms with Gasteiger partial charge in [-0.05, 0) is 64.2 Å². The third kappa shape index (κ3) is 4.56. The smallest absolute Gasteiger partial charge is 0.293 e. The number of carbonyl (C=O) groups is 3. The number of aryl methyl sites for hydroxylation is 2. The number of nitrogens with one attached hydrogen (secondary N) is 1. The number of rotatable bonds is 7. The Balaban J connectivity index is 1.14. The molecule has 0 spiro atoms. The van der Waals surface area contributed by atoms with Crippen molar-refractivity contribution in [2.45, 2.75) is 17.7 Å². The molecule has 1 aliphatic carbocycles. The number of benzene rings is 3. The van der Waals surface area contributed by atoms with Gasteiger partial charge in [0, 0.05) is 18.0 Å². The van der Waals surface area contributed by atoms with Gasteiger partial charge in [0.25, 0.3) is 11.1 Å². The summed E-state index contributed by atoms with van der Waals surface area (Å²) in [5.74, 6) is -0.144. The van der Waals surface area contributed by atoms with E-state index in [4.69, 9.17) is 0 Å². The Morgan fingerprint density at radius 3 is 2.61 bits per heavy atom. The van der Waals surface area contributed by atoms with Gasteiger partial charge in [-0.25, -0.2) is 0 Å². The summed E-state index contributed by atoms with van der Waals surface area (Å²) in [6.07, 6.45) is 3.88. The van der Waals surface area contributed by atoms with E-state index in [2.05, 4.69) is 35.6 Å². The van der Waals surface area contributed by atoms with E-state index < -0.39 is 0 Å². The van der Waals surface area contributed by atoms with Crippen LogP contribution in [0.1, 0.15) is 16.7 Å². The summed E-state index contributed by atoms with van der Waals surface area (Å²) in [7, 11) is 0. The molecule has 0 radical (unpaired) electrons. The predicted octanol–water partition coefficient (Wildman–Crippen LogP) is 4.88. The number of carbonyl (C=O) groups excluding carboxylic acids is 3. The summed E-state index contributed by atoms with van der Waals surface area (Å²) in [5, 5.41) is 5.08. The number of hydrogen-bond acceptors (Lipinski definition) is 5. The highest BCUT2D eigenvalue weighted by atomic mass is 32.2. The summed E-state index contributed by atoms with van der Waals surface area (Å²) in [6.45, 7) is 0.397. The molecule has 5 rings (SSSR count). The van der Waals surface area contributed by atoms with E-state index in [1.54, 1.807) is 6.08 Å². The summed E-state index contributed by atoms with van der Waals surface area (Å²) in [6, 6.07) is 20.1. The topological polar surface area (TPSA) is 66.5 Å². The molecule has 0 aromatic heterocycles. The quantitative estimate of drug-likeness (QED) is 0.390. The molecular weight excluding hydrogens is 452 g/mol. The average Bonchev–Trinajstić information content (AvgIpc) is 3.36. The summed E-state index contributed by atoms with van der Waals surface area (Å²) in [5.41, 5.74) is 3.64. The minimum absolute atomic E-state index is 0.116. The lowest BCUT2D eigenvalue weighted by Gasteiger charge is -2.13. The van der Waals surface area contributed by atoms with Crippen LogP contribution in [0.3, 0.4) is 0 Å². The van der Waals surface area contributed by atoms with Crippen LogP contribution in [0, 0.1) is 0 Å². The van der Waals surface area contributed by atoms with Crippen LogP contribution in [0.25, 0.3) is 16.8 Å². The van der Waals surface area contributed by atoms with Gasteiger partial charge in [0.05, 0.1) is 10.7 Å². The Bertz CT molecular complexity index is 1280. The molecule has 33 heavy (non-hydrogen) atoms. The monoisotopic (exact) mass is 474 g/mol. The molecule has 1 saturated heterocycles. The van der Waals surface area contributed by atoms with E-state index in [1.807, 2.05) is 30.3 Å². The van der Waals surface area contributed by atoms with Crippen LogP contribution in [0.4, 0.5) is 4.79 Å². The zero-order chi connectivity index (χ0) is 22.8. The molecule has 3 amide bonds. The van der Waals surface area contributed by atoms with Crippen molar-refractivity contribution < 1.29 is 14.4 Å². The fraction of sp³-hybridized carbons (Fsp3) is 0.192. The van der Waals surface area contributed by atoms with Gasteiger partial charge in [0.1, 0.15) is 0 Å². The van der Waals surface area contributed by atoms with E-state index in [0.29, 0.717) is 4.91 Å². The molecule has 166 valence electrons. The highest BCUT2D eigenvalue weighted by Gasteiger charge is 2.34. The molecule has 0 saturated carbocycles. The first kappa shape index (κ1) is 21.8. The van der Waals surface area contributed by atoms with Crippen LogP contribution in [0.5, 0.6) is 0 Å². The third-order valence-corrected chi connectivity index (χ3v) is 7.81. The molecule has 1 aliphatic heterocycles. The maximum atomic E-state index is 12.6. The largest absolute Gasteiger partial charge is 0.354 e. The first-order chi connectivity index (χ1) is 16.1. The van der Waals surface area contributed by atoms with Crippen molar-refractivity contribution in [3.05, 3.63) is 82.3 Å². The normalized spacial score (nSPS) is 16.2. The summed E-state index contributed by atoms with van der Waals surface area (Å²) < 4.78 is 0. The van der Waals surface area contributed by atoms with Crippen LogP contribution in [0.2, 0.25) is 0 Å². The molecule has 5 nitrogen and oxygen atoms in total. The van der Waals surface area contributed by atoms with Crippen LogP contribution < -0.4 is 5.32 Å². The van der Waals surface area contributed by atoms with Crippen LogP contribution >= 0.6 is 23.5 Å². The lowest BCUT2D eigenvalue weighted by atomic mass is 10.1. The predicted molar refractivity (Wildman–Crippen MR) is 134 cm³/mol. The third-order valence-electron chi connectivity index (χ3n) is 5.82. The van der Waals surface area contributed by atoms with Crippen LogP contribution in [0.15, 0.2) is 70.5 Å². The lowest BCUT2D eigenvalue weighted by molar-refractivity contribution is -0.123. The van der Waals surface area contributed by atoms with E-state index >= 15 is 0 Å². The number of hydrogen-bond donors (Lipinski definition) is 1. The van der Waals surface area contributed by atoms with E-state index in [-0.39, 0.29) is 35.9 Å². The molecule has 3 aromatic carbocycles. The molecule has 1 fully saturated rings. The number of thioether (sulfide) groups is 2. The molecule has 2 aliphatic rings. The standard InChI is InChI=1S/C26H22N2O3S2/c29-23(16-32-21-12-11-19-10-9-18-7-4-8-20(21)24(18)19)27-13-14-28-25(30)22(33-26(28)31)15-17-5-2-1-3-6-17/h1-8,11-12,15H,9-10,13-14,16H2,(H,27,29)/b22-15-. The Hall–Kier alpha value is -3.03. The van der Waals surface area contributed by atoms with Gasteiger partial charge in [0.15, 0.2) is 0 Å². The average molecular weight is 475 g/mol. The van der Waals surface area contributed by atoms with E-state index in [1.165, 1.54) is 38.6 Å². The first-order valence-electron chi connectivity index (χ1n) is 10.8. The van der Waals surface area contributed by atoms with E-state index in [9.17, 15) is 14.4 Å². The fourth-order valence-electron chi connectivity index (χ4n) is 4.24. The van der Waals surface area contributed by atoms with Gasteiger partial charge in [-0.3, -0.25) is 19.3 Å². The van der Waals surface area contributed by atoms with Gasteiger partial charge in [-0.15, -0.1) is 11.8 Å². The molecule has 1 heterocycles. The Labute approximate surface area is 200 Å². The molecular formula is C26H22N2O3S2. The first-order valence-corrected chi connectivity index (χ1v) is 12.6. The summed E-state index contributed by atoms with van der Waals surface area (Å²) in [4.78, 5) is 40.0. The molecule has 3 aromatic rings. The molecule has 0 bridgehead atoms. The lowest BCUT2D eigenvalue weighted by Crippen LogP contribution is -2.37. The van der Waals surface area contributed by atoms with E-state index in [0.717, 1.165) is 35.1 Å². The van der Waals surface area contributed by atoms with Gasteiger partial charge in [0.2, 0.25) is 5.91 Å². The number of nitrogens with zero attached hydrogens (tertiary/aromatic N) is 1. The Morgan fingerprint density at radius 1 is 1.00 bits per heavy atom. The van der Waals surface area contributed by atoms with Crippen molar-refractivity contribution in [2.24, 2.45) is 0 Å². The number of amides is 3. The second-order valence-electron chi connectivity index (χ2n) is 7.95. The van der Waals surface area contributed by atoms with Crippen molar-refractivity contribution in [1.29, 1.82) is 0 Å². The van der Waals surface area contributed by atoms with Gasteiger partial charge < -0.3 is 5.32 Å². The Kier molecular flexibility index (Phi) is 6.24. The molecule has 0 atom stereocenters. The van der Waals surface area contributed by atoms with Crippen molar-refractivity contribution in [3.63, 3.8) is 0 Å². The Morgan fingerprint density at radius 2 is 1.79 bits per heavy atom. The molecule has 0 unspecified atom stereocenters. The molecule has 7 heteroatoms. The van der Waals surface area contributed by atoms with Crippen LogP contribution in [-0.2, 0) is 22.4 Å². The minimum atomic E-state index is -0.314. The fourth-order valence-corrected chi connectivity index (χ4v) is 5.98. The molecule has 1 N–H and O–H groups in total. The van der Waals surface area contributed by atoms with Crippen molar-refractivity contribution in [1.82, 2.24) is 10.2 Å². The van der Waals surface area contributed by atoms with Crippen molar-refractivity contribution >= 4 is 57.4 Å². The minimum Gasteiger partial charge on any atom is -0.354 e. The number of imide groups is 1. The zero-order valence-corrected chi connectivity index (χ0v) is 19.5. The zero-order valence-electron chi connectivity index (χ0n) is 17.9. The van der Waals surface area contributed by atoms with Crippen molar-refractivity contribution in [3.8, 4) is 0 Å². The second-order valence-corrected chi connectivity index (χ2v) is 9.96. The second kappa shape index (κ2) is 9.45. The summed E-state index contributed by atoms with van der Waals surface area (Å²) >= 11 is 2.45.